The molecular weight excluding hydrogens is 452 g/mol. The molecule has 1 aromatic carbocycles. The zero-order valence-electron chi connectivity index (χ0n) is 18.9. The number of nitrogens with two attached hydrogens (primary N) is 1. The molecule has 3 aromatic rings. The number of aromatic nitrogens is 3. The number of imidazole rings is 1. The first kappa shape index (κ1) is 21.4. The van der Waals surface area contributed by atoms with E-state index in [4.69, 9.17) is 27.1 Å². The van der Waals surface area contributed by atoms with Crippen LogP contribution >= 0.6 is 11.6 Å². The third-order valence-corrected chi connectivity index (χ3v) is 7.70. The number of aromatic amines is 1. The van der Waals surface area contributed by atoms with Gasteiger partial charge in [0, 0.05) is 30.4 Å². The van der Waals surface area contributed by atoms with Crippen molar-refractivity contribution in [2.45, 2.75) is 19.4 Å². The lowest BCUT2D eigenvalue weighted by Crippen LogP contribution is -2.41. The van der Waals surface area contributed by atoms with Crippen LogP contribution in [0.1, 0.15) is 12.0 Å². The first-order valence-corrected chi connectivity index (χ1v) is 12.1. The van der Waals surface area contributed by atoms with Gasteiger partial charge in [-0.3, -0.25) is 4.79 Å². The number of carbonyl (C=O) groups excluding carboxylic acids is 1. The number of hydrogen-bond acceptors (Lipinski definition) is 6. The topological polar surface area (TPSA) is 109 Å². The highest BCUT2D eigenvalue weighted by molar-refractivity contribution is 6.34. The second-order valence-corrected chi connectivity index (χ2v) is 9.82. The second kappa shape index (κ2) is 8.29. The van der Waals surface area contributed by atoms with Gasteiger partial charge in [-0.15, -0.1) is 0 Å². The fourth-order valence-corrected chi connectivity index (χ4v) is 5.91. The molecule has 6 rings (SSSR count). The van der Waals surface area contributed by atoms with Crippen molar-refractivity contribution < 1.29 is 9.53 Å². The average Bonchev–Trinajstić information content (AvgIpc) is 3.56. The minimum absolute atomic E-state index is 0.100. The van der Waals surface area contributed by atoms with Crippen molar-refractivity contribution in [3.8, 4) is 11.4 Å². The number of nitrogens with one attached hydrogen (secondary N) is 2. The van der Waals surface area contributed by atoms with Crippen LogP contribution in [0.15, 0.2) is 36.5 Å². The molecule has 34 heavy (non-hydrogen) atoms. The molecule has 0 unspecified atom stereocenters. The van der Waals surface area contributed by atoms with E-state index in [0.29, 0.717) is 16.4 Å². The van der Waals surface area contributed by atoms with E-state index in [9.17, 15) is 4.79 Å². The van der Waals surface area contributed by atoms with Crippen molar-refractivity contribution in [2.75, 3.05) is 36.5 Å². The molecule has 176 valence electrons. The smallest absolute Gasteiger partial charge is 0.223 e. The maximum absolute atomic E-state index is 12.2. The number of aryl methyl sites for hydroxylation is 1. The molecule has 2 aliphatic carbocycles. The molecule has 0 radical (unpaired) electrons. The SMILES string of the molecule is Cc1cc(N2CCOCC2)ccc1-c1nc2ncc(Cl)c(N[C@H]3[C@@H](C(N)=O)[C@@H]4C=C[C@@H]3C4)c2[nH]1. The summed E-state index contributed by atoms with van der Waals surface area (Å²) in [6.07, 6.45) is 6.82. The van der Waals surface area contributed by atoms with E-state index in [1.54, 1.807) is 6.20 Å². The molecule has 1 saturated carbocycles. The maximum Gasteiger partial charge on any atom is 0.223 e. The summed E-state index contributed by atoms with van der Waals surface area (Å²) in [5.41, 5.74) is 11.1. The molecular formula is C25H27ClN6O2. The molecule has 2 bridgehead atoms. The number of nitrogens with zero attached hydrogens (tertiary/aromatic N) is 3. The summed E-state index contributed by atoms with van der Waals surface area (Å²) < 4.78 is 5.47. The first-order valence-electron chi connectivity index (χ1n) is 11.7. The van der Waals surface area contributed by atoms with E-state index in [-0.39, 0.29) is 29.7 Å². The molecule has 4 N–H and O–H groups in total. The van der Waals surface area contributed by atoms with Crippen LogP contribution in [0.5, 0.6) is 0 Å². The van der Waals surface area contributed by atoms with Gasteiger partial charge in [0.2, 0.25) is 5.91 Å². The van der Waals surface area contributed by atoms with Crippen LogP contribution < -0.4 is 16.0 Å². The molecule has 9 heteroatoms. The average molecular weight is 479 g/mol. The number of morpholine rings is 1. The second-order valence-electron chi connectivity index (χ2n) is 9.41. The highest BCUT2D eigenvalue weighted by atomic mass is 35.5. The number of anilines is 2. The largest absolute Gasteiger partial charge is 0.378 e. The highest BCUT2D eigenvalue weighted by Crippen LogP contribution is 2.46. The number of pyridine rings is 1. The standard InChI is InChI=1S/C25H27ClN6O2/c1-13-10-16(32-6-8-34-9-7-32)4-5-17(13)24-30-22-21(18(26)12-28-25(22)31-24)29-20-15-3-2-14(11-15)19(20)23(27)33/h2-5,10,12,14-15,19-20H,6-9,11H2,1H3,(H2,27,33)(H2,28,29,30,31)/t14-,15-,19+,20-/m1/s1. The predicted molar refractivity (Wildman–Crippen MR) is 133 cm³/mol. The van der Waals surface area contributed by atoms with Gasteiger partial charge in [-0.25, -0.2) is 9.97 Å². The van der Waals surface area contributed by atoms with Crippen molar-refractivity contribution >= 4 is 40.0 Å². The highest BCUT2D eigenvalue weighted by Gasteiger charge is 2.47. The van der Waals surface area contributed by atoms with E-state index in [1.807, 2.05) is 0 Å². The van der Waals surface area contributed by atoms with Crippen LogP contribution in [0.25, 0.3) is 22.6 Å². The number of allylic oxidation sites excluding steroid dienone is 1. The molecule has 1 amide bonds. The van der Waals surface area contributed by atoms with Crippen LogP contribution in [0, 0.1) is 24.7 Å². The summed E-state index contributed by atoms with van der Waals surface area (Å²) in [6, 6.07) is 6.30. The van der Waals surface area contributed by atoms with Crippen LogP contribution in [0.3, 0.4) is 0 Å². The maximum atomic E-state index is 12.2. The zero-order chi connectivity index (χ0) is 23.4. The molecule has 2 aromatic heterocycles. The first-order chi connectivity index (χ1) is 16.5. The third kappa shape index (κ3) is 3.52. The van der Waals surface area contributed by atoms with Gasteiger partial charge in [-0.1, -0.05) is 23.8 Å². The van der Waals surface area contributed by atoms with Crippen molar-refractivity contribution in [3.05, 3.63) is 47.1 Å². The summed E-state index contributed by atoms with van der Waals surface area (Å²) >= 11 is 6.58. The van der Waals surface area contributed by atoms with Crippen molar-refractivity contribution in [1.29, 1.82) is 0 Å². The summed E-state index contributed by atoms with van der Waals surface area (Å²) in [5.74, 6) is 0.627. The number of rotatable bonds is 5. The molecule has 0 spiro atoms. The lowest BCUT2D eigenvalue weighted by Gasteiger charge is -2.29. The van der Waals surface area contributed by atoms with Gasteiger partial charge >= 0.3 is 0 Å². The van der Waals surface area contributed by atoms with Crippen LogP contribution in [0.2, 0.25) is 5.02 Å². The molecule has 2 fully saturated rings. The van der Waals surface area contributed by atoms with Gasteiger partial charge in [-0.05, 0) is 48.9 Å². The number of amides is 1. The van der Waals surface area contributed by atoms with Gasteiger partial charge in [0.25, 0.3) is 0 Å². The molecule has 4 atom stereocenters. The van der Waals surface area contributed by atoms with Gasteiger partial charge in [0.1, 0.15) is 11.3 Å². The van der Waals surface area contributed by atoms with E-state index in [2.05, 4.69) is 57.5 Å². The number of hydrogen-bond donors (Lipinski definition) is 3. The lowest BCUT2D eigenvalue weighted by atomic mass is 9.88. The summed E-state index contributed by atoms with van der Waals surface area (Å²) in [6.45, 7) is 5.38. The van der Waals surface area contributed by atoms with Gasteiger partial charge in [0.05, 0.1) is 36.0 Å². The van der Waals surface area contributed by atoms with Crippen molar-refractivity contribution in [2.24, 2.45) is 23.5 Å². The van der Waals surface area contributed by atoms with E-state index < -0.39 is 0 Å². The lowest BCUT2D eigenvalue weighted by molar-refractivity contribution is -0.122. The van der Waals surface area contributed by atoms with E-state index in [1.165, 1.54) is 5.69 Å². The van der Waals surface area contributed by atoms with Crippen LogP contribution in [-0.4, -0.2) is 53.2 Å². The Labute approximate surface area is 202 Å². The number of H-pyrrole nitrogens is 1. The normalized spacial score (nSPS) is 25.9. The molecule has 3 heterocycles. The van der Waals surface area contributed by atoms with Crippen molar-refractivity contribution in [1.82, 2.24) is 15.0 Å². The Hall–Kier alpha value is -3.10. The molecule has 1 saturated heterocycles. The van der Waals surface area contributed by atoms with E-state index in [0.717, 1.165) is 55.2 Å². The van der Waals surface area contributed by atoms with E-state index >= 15 is 0 Å². The monoisotopic (exact) mass is 478 g/mol. The van der Waals surface area contributed by atoms with Gasteiger partial charge in [0.15, 0.2) is 5.65 Å². The van der Waals surface area contributed by atoms with Crippen LogP contribution in [-0.2, 0) is 9.53 Å². The third-order valence-electron chi connectivity index (χ3n) is 7.41. The Kier molecular flexibility index (Phi) is 5.22. The molecule has 3 aliphatic rings. The Balaban J connectivity index is 1.34. The fourth-order valence-electron chi connectivity index (χ4n) is 5.71. The predicted octanol–water partition coefficient (Wildman–Crippen LogP) is 3.51. The number of halogens is 1. The quantitative estimate of drug-likeness (QED) is 0.484. The minimum Gasteiger partial charge on any atom is -0.378 e. The molecule has 1 aliphatic heterocycles. The Morgan fingerprint density at radius 1 is 1.26 bits per heavy atom. The Morgan fingerprint density at radius 2 is 2.06 bits per heavy atom. The summed E-state index contributed by atoms with van der Waals surface area (Å²) in [5, 5.41) is 4.02. The number of ether oxygens (including phenoxy) is 1. The summed E-state index contributed by atoms with van der Waals surface area (Å²) in [4.78, 5) is 27.2. The zero-order valence-corrected chi connectivity index (χ0v) is 19.7. The summed E-state index contributed by atoms with van der Waals surface area (Å²) in [7, 11) is 0. The Bertz CT molecular complexity index is 1300. The Morgan fingerprint density at radius 3 is 2.82 bits per heavy atom. The fraction of sp³-hybridized carbons (Fsp3) is 0.400. The molecule has 8 nitrogen and oxygen atoms in total. The minimum atomic E-state index is -0.281. The number of fused-ring (bicyclic) bond motifs is 3. The van der Waals surface area contributed by atoms with Crippen molar-refractivity contribution in [3.63, 3.8) is 0 Å². The number of benzene rings is 1. The van der Waals surface area contributed by atoms with Gasteiger partial charge in [-0.2, -0.15) is 0 Å². The van der Waals surface area contributed by atoms with Crippen LogP contribution in [0.4, 0.5) is 11.4 Å². The van der Waals surface area contributed by atoms with Gasteiger partial charge < -0.3 is 25.7 Å². The number of primary amides is 1. The number of carbonyl (C=O) groups is 1.